The zero-order valence-corrected chi connectivity index (χ0v) is 52.2. The van der Waals surface area contributed by atoms with E-state index in [1.165, 1.54) is 46.0 Å². The van der Waals surface area contributed by atoms with E-state index in [-0.39, 0.29) is 153 Å². The van der Waals surface area contributed by atoms with Gasteiger partial charge in [-0.1, -0.05) is 90.4 Å². The number of carbonyl (C=O) groups excluding carboxylic acids is 8. The van der Waals surface area contributed by atoms with Crippen molar-refractivity contribution in [1.29, 1.82) is 0 Å². The Morgan fingerprint density at radius 1 is 0.402 bits per heavy atom. The van der Waals surface area contributed by atoms with E-state index >= 15 is 0 Å². The lowest BCUT2D eigenvalue weighted by molar-refractivity contribution is -0.145. The van der Waals surface area contributed by atoms with Crippen LogP contribution < -0.4 is 21.3 Å². The molecule has 0 saturated carbocycles. The van der Waals surface area contributed by atoms with E-state index in [1.54, 1.807) is 0 Å². The number of unbranched alkanes of at least 4 members (excludes halogenated alkanes) is 14. The van der Waals surface area contributed by atoms with Crippen LogP contribution in [0.5, 0.6) is 0 Å². The number of carboxylic acid groups (broad SMARTS) is 4. The maximum Gasteiger partial charge on any atom is 0.326 e. The molecule has 87 heavy (non-hydrogen) atoms. The van der Waals surface area contributed by atoms with Crippen molar-refractivity contribution < 1.29 is 102 Å². The van der Waals surface area contributed by atoms with Gasteiger partial charge in [-0.3, -0.25) is 47.9 Å². The van der Waals surface area contributed by atoms with E-state index in [9.17, 15) is 78.0 Å². The van der Waals surface area contributed by atoms with Gasteiger partial charge in [-0.25, -0.2) is 9.59 Å². The molecule has 500 valence electrons. The van der Waals surface area contributed by atoms with Crippen LogP contribution >= 0.6 is 0 Å². The number of hydrogen-bond acceptors (Lipinski definition) is 17. The molecule has 0 aliphatic carbocycles. The third-order valence-electron chi connectivity index (χ3n) is 14.8. The number of carboxylic acids is 4. The largest absolute Gasteiger partial charge is 0.481 e. The number of aliphatic hydroxyl groups is 1. The minimum Gasteiger partial charge on any atom is -0.481 e. The van der Waals surface area contributed by atoms with Gasteiger partial charge in [-0.05, 0) is 78.1 Å². The summed E-state index contributed by atoms with van der Waals surface area (Å²) in [5.74, 6) is -9.44. The zero-order valence-electron chi connectivity index (χ0n) is 52.2. The van der Waals surface area contributed by atoms with Crippen LogP contribution in [0.15, 0.2) is 0 Å². The first-order valence-electron chi connectivity index (χ1n) is 31.7. The Kier molecular flexibility index (Phi) is 49.8. The average molecular weight is 1240 g/mol. The second-order valence-electron chi connectivity index (χ2n) is 22.4. The van der Waals surface area contributed by atoms with Gasteiger partial charge >= 0.3 is 23.9 Å². The number of carbonyl (C=O) groups is 12. The normalized spacial score (nSPS) is 13.3. The van der Waals surface area contributed by atoms with Crippen molar-refractivity contribution in [2.75, 3.05) is 65.9 Å². The molecule has 0 aliphatic heterocycles. The summed E-state index contributed by atoms with van der Waals surface area (Å²) >= 11 is 0. The van der Waals surface area contributed by atoms with Gasteiger partial charge in [0, 0.05) is 82.9 Å². The summed E-state index contributed by atoms with van der Waals surface area (Å²) in [4.78, 5) is 145. The van der Waals surface area contributed by atoms with Gasteiger partial charge in [0.05, 0.1) is 45.1 Å². The molecule has 0 bridgehead atoms. The molecule has 0 heterocycles. The molecular formula is C62H106N4O21. The Labute approximate surface area is 514 Å². The van der Waals surface area contributed by atoms with E-state index in [1.807, 2.05) is 6.92 Å². The van der Waals surface area contributed by atoms with Crippen molar-refractivity contribution in [3.05, 3.63) is 0 Å². The Hall–Kier alpha value is -5.76. The molecule has 0 radical (unpaired) electrons. The lowest BCUT2D eigenvalue weighted by Gasteiger charge is -2.18. The van der Waals surface area contributed by atoms with Crippen LogP contribution in [0, 0.1) is 17.8 Å². The van der Waals surface area contributed by atoms with Gasteiger partial charge in [-0.15, -0.1) is 0 Å². The predicted octanol–water partition coefficient (Wildman–Crippen LogP) is 6.23. The maximum absolute atomic E-state index is 12.7. The molecular weight excluding hydrogens is 1140 g/mol. The Bertz CT molecular complexity index is 2020. The zero-order chi connectivity index (χ0) is 65.0. The smallest absolute Gasteiger partial charge is 0.326 e. The summed E-state index contributed by atoms with van der Waals surface area (Å²) in [6, 6.07) is -2.56. The molecule has 0 rings (SSSR count). The molecule has 0 aliphatic rings. The highest BCUT2D eigenvalue weighted by Gasteiger charge is 2.27. The number of rotatable bonds is 62. The fourth-order valence-corrected chi connectivity index (χ4v) is 9.58. The second-order valence-corrected chi connectivity index (χ2v) is 22.4. The van der Waals surface area contributed by atoms with E-state index in [4.69, 9.17) is 24.1 Å². The van der Waals surface area contributed by atoms with Crippen LogP contribution in [0.2, 0.25) is 0 Å². The quantitative estimate of drug-likeness (QED) is 0.0305. The highest BCUT2D eigenvalue weighted by molar-refractivity contribution is 5.87. The molecule has 25 nitrogen and oxygen atoms in total. The summed E-state index contributed by atoms with van der Waals surface area (Å²) in [7, 11) is 0. The third-order valence-corrected chi connectivity index (χ3v) is 14.8. The van der Waals surface area contributed by atoms with Crippen LogP contribution in [0.1, 0.15) is 220 Å². The van der Waals surface area contributed by atoms with Crippen LogP contribution in [-0.4, -0.2) is 180 Å². The van der Waals surface area contributed by atoms with E-state index < -0.39 is 96.9 Å². The molecule has 0 spiro atoms. The van der Waals surface area contributed by atoms with Gasteiger partial charge in [0.1, 0.15) is 42.6 Å². The minimum absolute atomic E-state index is 0.00310. The number of amides is 4. The van der Waals surface area contributed by atoms with E-state index in [0.717, 1.165) is 51.4 Å². The summed E-state index contributed by atoms with van der Waals surface area (Å²) < 4.78 is 21.4. The third kappa shape index (κ3) is 47.9. The van der Waals surface area contributed by atoms with Crippen molar-refractivity contribution in [3.8, 4) is 0 Å². The number of ketones is 4. The number of nitrogens with one attached hydrogen (secondary N) is 4. The van der Waals surface area contributed by atoms with Gasteiger partial charge in [-0.2, -0.15) is 0 Å². The molecule has 25 heteroatoms. The molecule has 4 amide bonds. The fraction of sp³-hybridized carbons (Fsp3) is 0.806. The Morgan fingerprint density at radius 3 is 1.43 bits per heavy atom. The first kappa shape index (κ1) is 81.2. The van der Waals surface area contributed by atoms with Crippen LogP contribution in [-0.2, 0) is 76.5 Å². The van der Waals surface area contributed by atoms with Crippen molar-refractivity contribution in [1.82, 2.24) is 21.3 Å². The molecule has 6 atom stereocenters. The lowest BCUT2D eigenvalue weighted by Crippen LogP contribution is -2.42. The predicted molar refractivity (Wildman–Crippen MR) is 320 cm³/mol. The monoisotopic (exact) mass is 1240 g/mol. The number of aliphatic hydroxyl groups excluding tert-OH is 1. The van der Waals surface area contributed by atoms with Gasteiger partial charge in [0.2, 0.25) is 23.6 Å². The SMILES string of the molecule is CC[C@@H](CCCCNC(=O)CC[C@H](NC(=O)CC[C@H](CC(=O)COCCOCCNC(=O)COCCOCCCC(=O)CC[C@H](NC(=O)CCCCCCCCCCCCCCCCC(=O)O)C(=O)O)C(=O)O)C(=O)O)C(=O)CC[C@H](C(C)=O)[C@@H](C)O. The van der Waals surface area contributed by atoms with Crippen molar-refractivity contribution in [2.45, 2.75) is 238 Å². The molecule has 0 fully saturated rings. The summed E-state index contributed by atoms with van der Waals surface area (Å²) in [5.41, 5.74) is 0. The van der Waals surface area contributed by atoms with Crippen LogP contribution in [0.25, 0.3) is 0 Å². The van der Waals surface area contributed by atoms with Crippen LogP contribution in [0.4, 0.5) is 0 Å². The number of hydrogen-bond donors (Lipinski definition) is 9. The molecule has 0 aromatic rings. The first-order chi connectivity index (χ1) is 41.6. The number of aliphatic carboxylic acids is 4. The van der Waals surface area contributed by atoms with E-state index in [2.05, 4.69) is 21.3 Å². The topological polar surface area (TPSA) is 391 Å². The highest BCUT2D eigenvalue weighted by Crippen LogP contribution is 2.21. The number of Topliss-reactive ketones (excluding diaryl/α,β-unsaturated/α-hetero) is 4. The molecule has 0 aromatic carbocycles. The molecule has 9 N–H and O–H groups in total. The summed E-state index contributed by atoms with van der Waals surface area (Å²) in [5, 5.41) is 57.5. The van der Waals surface area contributed by atoms with Gasteiger partial charge in [0.15, 0.2) is 5.78 Å². The van der Waals surface area contributed by atoms with Gasteiger partial charge in [0.25, 0.3) is 0 Å². The van der Waals surface area contributed by atoms with Crippen molar-refractivity contribution in [2.24, 2.45) is 17.8 Å². The lowest BCUT2D eigenvalue weighted by atomic mass is 9.87. The van der Waals surface area contributed by atoms with Crippen molar-refractivity contribution >= 4 is 70.6 Å². The highest BCUT2D eigenvalue weighted by atomic mass is 16.5. The minimum atomic E-state index is -1.42. The van der Waals surface area contributed by atoms with E-state index in [0.29, 0.717) is 38.5 Å². The van der Waals surface area contributed by atoms with Crippen LogP contribution in [0.3, 0.4) is 0 Å². The number of ether oxygens (including phenoxy) is 4. The molecule has 0 saturated heterocycles. The standard InChI is InChI=1S/C62H106N4O21/c1-4-47(54(71)31-28-51(45(2)67)46(3)68)22-19-20-34-63-55(72)33-30-53(62(82)83)66-57(74)32-26-48(60(78)79)42-50(70)43-86-40-39-85-37-35-64-58(75)44-87-41-38-84-36-21-23-49(69)27-29-52(61(80)81)65-56(73)24-17-15-13-11-9-7-5-6-8-10-12-14-16-18-25-59(76)77/h45,47-48,51-53,67H,4-44H2,1-3H3,(H,63,72)(H,64,75)(H,65,73)(H,66,74)(H,76,77)(H,78,79)(H,80,81)(H,82,83)/t45-,47+,48-,51+,52+,53+/m1/s1. The average Bonchev–Trinajstić information content (AvgIpc) is 3.52. The van der Waals surface area contributed by atoms with Gasteiger partial charge < -0.3 is 65.7 Å². The first-order valence-corrected chi connectivity index (χ1v) is 31.7. The maximum atomic E-state index is 12.7. The molecule has 0 unspecified atom stereocenters. The molecule has 0 aromatic heterocycles. The summed E-state index contributed by atoms with van der Waals surface area (Å²) in [6.07, 6.45) is 16.4. The Balaban J connectivity index is 4.07. The summed E-state index contributed by atoms with van der Waals surface area (Å²) in [6.45, 7) is 5.32. The van der Waals surface area contributed by atoms with Crippen molar-refractivity contribution in [3.63, 3.8) is 0 Å². The fourth-order valence-electron chi connectivity index (χ4n) is 9.58. The Morgan fingerprint density at radius 2 is 0.897 bits per heavy atom. The second kappa shape index (κ2) is 53.3.